The number of hydrogen-bond donors (Lipinski definition) is 38. The zero-order chi connectivity index (χ0) is 93.2. The molecule has 0 saturated carbocycles. The van der Waals surface area contributed by atoms with Crippen LogP contribution < -0.4 is 113 Å². The van der Waals surface area contributed by atoms with E-state index >= 15 is 0 Å². The van der Waals surface area contributed by atoms with Crippen molar-refractivity contribution in [2.45, 2.75) is 129 Å². The summed E-state index contributed by atoms with van der Waals surface area (Å²) in [6.07, 6.45) is 1.10. The second-order valence-electron chi connectivity index (χ2n) is 18.9. The first kappa shape index (κ1) is 152. The second-order valence-corrected chi connectivity index (χ2v) is 20.4. The molecule has 1 radical (unpaired) electrons. The van der Waals surface area contributed by atoms with Crippen LogP contribution in [0, 0.1) is 11.8 Å². The van der Waals surface area contributed by atoms with Crippen molar-refractivity contribution in [2.75, 3.05) is 75.4 Å². The Morgan fingerprint density at radius 3 is 0.333 bits per heavy atom. The fraction of sp³-hybridized carbons (Fsp3) is 0.654. The zero-order valence-corrected chi connectivity index (χ0v) is 66.2. The predicted molar refractivity (Wildman–Crippen MR) is 401 cm³/mol. The van der Waals surface area contributed by atoms with Gasteiger partial charge in [-0.05, 0) is 52.4 Å². The Balaban J connectivity index is -0.0000000476. The molecule has 0 aromatic rings. The average Bonchev–Trinajstić information content (AvgIpc) is 1.24. The summed E-state index contributed by atoms with van der Waals surface area (Å²) in [6, 6.07) is -7.79. The van der Waals surface area contributed by atoms with Crippen molar-refractivity contribution in [2.24, 2.45) is 115 Å². The molecule has 0 unspecified atom stereocenters. The van der Waals surface area contributed by atoms with E-state index in [1.165, 1.54) is 27.7 Å². The SMILES string of the molecule is CC(C)C[C@H](N)C(=O)O.CC(C)C[C@H](N)C(=O)O.C[C@H](N)C(=O)O.C[C@H](N)C(=O)O.C[C@H](N)C(=O)O.C[C@H](N)C(=O)O.NCC(=O)O.NCC(=O)O.NCC(=O)O.NCC(=O)O.NCC(=O)O.NCC(=O)O.NCC(=O)O.NCC(=O)O.N[C@@H](CS)C(=O)O.N[C@@H](CS)C(=O)O.N[C@@H](CS)C(=O)[O-].N[C@@H](CS)C(=O)[O-].[Cu+2]. The molecule has 0 saturated heterocycles. The summed E-state index contributed by atoms with van der Waals surface area (Å²) >= 11 is 14.5. The minimum atomic E-state index is -1.25. The van der Waals surface area contributed by atoms with Gasteiger partial charge in [0.1, 0.15) is 48.3 Å². The van der Waals surface area contributed by atoms with Crippen LogP contribution in [0.25, 0.3) is 0 Å². The molecule has 0 rings (SSSR count). The van der Waals surface area contributed by atoms with Crippen molar-refractivity contribution in [3.63, 3.8) is 0 Å². The first-order chi connectivity index (χ1) is 49.5. The molecule has 669 valence electrons. The predicted octanol–water partition coefficient (Wildman–Crippen LogP) is -14.6. The van der Waals surface area contributed by atoms with Crippen LogP contribution in [0.2, 0.25) is 0 Å². The van der Waals surface area contributed by atoms with E-state index in [1.807, 2.05) is 27.7 Å². The molecular formula is C52H120CuN18O36S4. The summed E-state index contributed by atoms with van der Waals surface area (Å²) in [5.74, 6) is -16.6. The molecule has 54 nitrogen and oxygen atoms in total. The van der Waals surface area contributed by atoms with Crippen LogP contribution in [-0.4, -0.2) is 325 Å². The van der Waals surface area contributed by atoms with Gasteiger partial charge in [-0.15, -0.1) is 0 Å². The maximum atomic E-state index is 10.1. The number of carboxylic acids is 18. The third kappa shape index (κ3) is 249. The fourth-order valence-corrected chi connectivity index (χ4v) is 2.13. The molecule has 52 N–H and O–H groups in total. The van der Waals surface area contributed by atoms with Gasteiger partial charge in [0.25, 0.3) is 0 Å². The molecule has 0 fully saturated rings. The van der Waals surface area contributed by atoms with Gasteiger partial charge in [0.2, 0.25) is 0 Å². The quantitative estimate of drug-likeness (QED) is 0.0282. The summed E-state index contributed by atoms with van der Waals surface area (Å²) in [6.45, 7) is 11.2. The van der Waals surface area contributed by atoms with E-state index in [0.29, 0.717) is 24.7 Å². The van der Waals surface area contributed by atoms with E-state index in [-0.39, 0.29) is 92.4 Å². The summed E-state index contributed by atoms with van der Waals surface area (Å²) in [4.78, 5) is 171. The standard InChI is InChI=1S/2C6H13NO2.4C3H7NO2S.4C3H7NO2.8C2H5NO2.Cu/c2*1-4(2)3-5(7)6(8)9;4*4-2(1-7)3(5)6;4*1-2(4)3(5)6;8*3-1-2(4)5;/h2*4-5H,3,7H2,1-2H3,(H,8,9);4*2,7H,1,4H2,(H,5,6);4*2H,4H2,1H3,(H,5,6);8*1,3H2,(H,4,5);/q;;;;;;;;;;;;;;;;;;+2/p-2/t2*5-;8*2-;;;;;;;;;/m0000000000........./s1. The van der Waals surface area contributed by atoms with Gasteiger partial charge in [-0.3, -0.25) is 76.7 Å². The Kier molecular flexibility index (Phi) is 154. The molecule has 0 aliphatic rings. The third-order valence-electron chi connectivity index (χ3n) is 7.07. The van der Waals surface area contributed by atoms with Gasteiger partial charge in [-0.25, -0.2) is 0 Å². The van der Waals surface area contributed by atoms with Gasteiger partial charge in [0, 0.05) is 23.0 Å². The van der Waals surface area contributed by atoms with E-state index in [2.05, 4.69) is 96.4 Å². The van der Waals surface area contributed by atoms with Crippen molar-refractivity contribution in [3.05, 3.63) is 0 Å². The molecule has 0 aromatic carbocycles. The van der Waals surface area contributed by atoms with Crippen LogP contribution >= 0.6 is 50.5 Å². The van der Waals surface area contributed by atoms with Crippen LogP contribution in [0.5, 0.6) is 0 Å². The van der Waals surface area contributed by atoms with Gasteiger partial charge in [0.05, 0.1) is 76.4 Å². The monoisotopic (exact) mass is 1760 g/mol. The van der Waals surface area contributed by atoms with E-state index < -0.39 is 168 Å². The number of carboxylic acid groups (broad SMARTS) is 18. The van der Waals surface area contributed by atoms with Gasteiger partial charge in [-0.1, -0.05) is 27.7 Å². The summed E-state index contributed by atoms with van der Waals surface area (Å²) in [7, 11) is 0. The Hall–Kier alpha value is -8.34. The van der Waals surface area contributed by atoms with Crippen LogP contribution in [0.4, 0.5) is 0 Å². The van der Waals surface area contributed by atoms with Gasteiger partial charge < -0.3 is 205 Å². The molecule has 111 heavy (non-hydrogen) atoms. The molecule has 0 heterocycles. The molecule has 0 spiro atoms. The minimum absolute atomic E-state index is 0. The number of aliphatic carboxylic acids is 18. The van der Waals surface area contributed by atoms with Crippen LogP contribution in [0.1, 0.15) is 68.2 Å². The minimum Gasteiger partial charge on any atom is -0.548 e. The van der Waals surface area contributed by atoms with Gasteiger partial charge in [-0.2, -0.15) is 50.5 Å². The summed E-state index contributed by atoms with van der Waals surface area (Å²) in [5.41, 5.74) is 86.0. The fourth-order valence-electron chi connectivity index (χ4n) is 1.52. The van der Waals surface area contributed by atoms with E-state index in [9.17, 15) is 96.5 Å². The normalized spacial score (nSPS) is 11.2. The molecule has 10 atom stereocenters. The van der Waals surface area contributed by atoms with Crippen molar-refractivity contribution in [1.82, 2.24) is 0 Å². The van der Waals surface area contributed by atoms with Crippen molar-refractivity contribution in [1.29, 1.82) is 0 Å². The van der Waals surface area contributed by atoms with Crippen molar-refractivity contribution < 1.29 is 195 Å². The van der Waals surface area contributed by atoms with E-state index in [0.717, 1.165) is 0 Å². The van der Waals surface area contributed by atoms with Crippen LogP contribution in [-0.2, 0) is 103 Å². The Morgan fingerprint density at radius 1 is 0.234 bits per heavy atom. The van der Waals surface area contributed by atoms with E-state index in [1.54, 1.807) is 0 Å². The number of carbonyl (C=O) groups is 18. The number of carbonyl (C=O) groups excluding carboxylic acids is 2. The molecule has 0 aliphatic carbocycles. The Bertz CT molecular complexity index is 2070. The first-order valence-electron chi connectivity index (χ1n) is 29.1. The molecule has 0 bridgehead atoms. The maximum Gasteiger partial charge on any atom is 2.00 e. The molecule has 0 amide bonds. The second kappa shape index (κ2) is 113. The number of thiol groups is 4. The van der Waals surface area contributed by atoms with Crippen molar-refractivity contribution in [3.8, 4) is 0 Å². The molecular weight excluding hydrogens is 1640 g/mol. The van der Waals surface area contributed by atoms with Gasteiger partial charge >= 0.3 is 113 Å². The number of nitrogens with two attached hydrogens (primary N) is 18. The smallest absolute Gasteiger partial charge is 0.548 e. The Labute approximate surface area is 669 Å². The van der Waals surface area contributed by atoms with E-state index in [4.69, 9.17) is 139 Å². The largest absolute Gasteiger partial charge is 2.00 e. The molecule has 0 aromatic heterocycles. The number of hydrogen-bond acceptors (Lipinski definition) is 42. The molecule has 59 heteroatoms. The average molecular weight is 1770 g/mol. The maximum absolute atomic E-state index is 10.1. The van der Waals surface area contributed by atoms with Crippen molar-refractivity contribution >= 4 is 158 Å². The van der Waals surface area contributed by atoms with Gasteiger partial charge in [0.15, 0.2) is 0 Å². The first-order valence-corrected chi connectivity index (χ1v) is 31.7. The van der Waals surface area contributed by atoms with Crippen LogP contribution in [0.15, 0.2) is 0 Å². The zero-order valence-electron chi connectivity index (χ0n) is 61.6. The summed E-state index contributed by atoms with van der Waals surface area (Å²) in [5, 5.41) is 144. The molecule has 0 aliphatic heterocycles. The summed E-state index contributed by atoms with van der Waals surface area (Å²) < 4.78 is 0. The Morgan fingerprint density at radius 2 is 0.324 bits per heavy atom. The third-order valence-corrected chi connectivity index (χ3v) is 8.64. The topological polar surface area (TPSA) is 1150 Å². The number of rotatable bonds is 26. The van der Waals surface area contributed by atoms with Crippen LogP contribution in [0.3, 0.4) is 0 Å².